The van der Waals surface area contributed by atoms with E-state index in [-0.39, 0.29) is 0 Å². The Labute approximate surface area is 127 Å². The van der Waals surface area contributed by atoms with Crippen molar-refractivity contribution in [2.45, 2.75) is 43.8 Å². The summed E-state index contributed by atoms with van der Waals surface area (Å²) in [5, 5.41) is 13.0. The minimum absolute atomic E-state index is 0.321. The highest BCUT2D eigenvalue weighted by molar-refractivity contribution is 9.10. The highest BCUT2D eigenvalue weighted by Gasteiger charge is 2.51. The number of hydrogen-bond acceptors (Lipinski definition) is 3. The lowest BCUT2D eigenvalue weighted by atomic mass is 9.96. The Hall–Kier alpha value is -1.07. The lowest BCUT2D eigenvalue weighted by Gasteiger charge is -2.27. The van der Waals surface area contributed by atoms with Crippen molar-refractivity contribution in [2.24, 2.45) is 0 Å². The molecular weight excluding hydrogens is 320 g/mol. The molecule has 1 aromatic carbocycles. The molecule has 2 fully saturated rings. The molecule has 4 nitrogen and oxygen atoms in total. The molecule has 2 atom stereocenters. The predicted molar refractivity (Wildman–Crippen MR) is 81.9 cm³/mol. The number of aliphatic carboxylic acids is 1. The van der Waals surface area contributed by atoms with Crippen LogP contribution in [0.2, 0.25) is 0 Å². The van der Waals surface area contributed by atoms with E-state index in [0.29, 0.717) is 25.0 Å². The lowest BCUT2D eigenvalue weighted by molar-refractivity contribution is -0.141. The third-order valence-corrected chi connectivity index (χ3v) is 4.84. The quantitative estimate of drug-likeness (QED) is 0.886. The minimum atomic E-state index is -0.865. The Morgan fingerprint density at radius 3 is 2.60 bits per heavy atom. The van der Waals surface area contributed by atoms with Crippen molar-refractivity contribution in [1.29, 1.82) is 0 Å². The first-order chi connectivity index (χ1) is 9.50. The number of anilines is 1. The van der Waals surface area contributed by atoms with Crippen molar-refractivity contribution >= 4 is 27.6 Å². The molecule has 0 amide bonds. The molecule has 20 heavy (non-hydrogen) atoms. The van der Waals surface area contributed by atoms with Gasteiger partial charge in [-0.2, -0.15) is 0 Å². The van der Waals surface area contributed by atoms with Gasteiger partial charge in [0, 0.05) is 28.8 Å². The van der Waals surface area contributed by atoms with Crippen molar-refractivity contribution in [3.05, 3.63) is 28.7 Å². The third kappa shape index (κ3) is 2.56. The average molecular weight is 339 g/mol. The van der Waals surface area contributed by atoms with E-state index in [4.69, 9.17) is 0 Å². The number of hydrogen-bond donors (Lipinski definition) is 2. The topological polar surface area (TPSA) is 52.6 Å². The molecule has 2 N–H and O–H groups in total. The Morgan fingerprint density at radius 1 is 1.40 bits per heavy atom. The standard InChI is InChI=1S/C15H19BrN2O2/c1-10-8-15(14(19)20,9-18(10)13-6-7-13)17-12-4-2-11(16)3-5-12/h2-5,10,13,17H,6-9H2,1H3,(H,19,20). The number of carboxylic acids is 1. The van der Waals surface area contributed by atoms with Crippen LogP contribution in [0.4, 0.5) is 5.69 Å². The highest BCUT2D eigenvalue weighted by atomic mass is 79.9. The summed E-state index contributed by atoms with van der Waals surface area (Å²) < 4.78 is 0.992. The lowest BCUT2D eigenvalue weighted by Crippen LogP contribution is -2.49. The maximum absolute atomic E-state index is 11.8. The molecule has 0 spiro atoms. The number of likely N-dealkylation sites (tertiary alicyclic amines) is 1. The second kappa shape index (κ2) is 5.04. The molecule has 1 heterocycles. The van der Waals surface area contributed by atoms with Gasteiger partial charge < -0.3 is 10.4 Å². The largest absolute Gasteiger partial charge is 0.479 e. The second-order valence-electron chi connectivity index (χ2n) is 5.98. The van der Waals surface area contributed by atoms with Crippen molar-refractivity contribution in [3.63, 3.8) is 0 Å². The SMILES string of the molecule is CC1CC(Nc2ccc(Br)cc2)(C(=O)O)CN1C1CC1. The molecule has 3 rings (SSSR count). The van der Waals surface area contributed by atoms with Crippen LogP contribution < -0.4 is 5.32 Å². The summed E-state index contributed by atoms with van der Waals surface area (Å²) in [7, 11) is 0. The van der Waals surface area contributed by atoms with Crippen LogP contribution in [0.1, 0.15) is 26.2 Å². The normalized spacial score (nSPS) is 30.4. The van der Waals surface area contributed by atoms with Gasteiger partial charge in [-0.1, -0.05) is 15.9 Å². The number of carbonyl (C=O) groups is 1. The van der Waals surface area contributed by atoms with Crippen LogP contribution in [0.5, 0.6) is 0 Å². The smallest absolute Gasteiger partial charge is 0.330 e. The fraction of sp³-hybridized carbons (Fsp3) is 0.533. The van der Waals surface area contributed by atoms with Crippen LogP contribution in [0.25, 0.3) is 0 Å². The van der Waals surface area contributed by atoms with E-state index in [1.165, 1.54) is 12.8 Å². The molecule has 5 heteroatoms. The molecular formula is C15H19BrN2O2. The van der Waals surface area contributed by atoms with Crippen LogP contribution in [0, 0.1) is 0 Å². The molecule has 1 aromatic rings. The van der Waals surface area contributed by atoms with E-state index in [1.807, 2.05) is 24.3 Å². The van der Waals surface area contributed by atoms with E-state index < -0.39 is 11.5 Å². The molecule has 2 aliphatic rings. The van der Waals surface area contributed by atoms with E-state index >= 15 is 0 Å². The van der Waals surface area contributed by atoms with Crippen LogP contribution in [-0.4, -0.2) is 40.1 Å². The van der Waals surface area contributed by atoms with E-state index in [2.05, 4.69) is 33.1 Å². The summed E-state index contributed by atoms with van der Waals surface area (Å²) in [6.07, 6.45) is 3.06. The Bertz CT molecular complexity index is 515. The number of nitrogens with zero attached hydrogens (tertiary/aromatic N) is 1. The van der Waals surface area contributed by atoms with Crippen molar-refractivity contribution in [1.82, 2.24) is 4.90 Å². The predicted octanol–water partition coefficient (Wildman–Crippen LogP) is 2.94. The summed E-state index contributed by atoms with van der Waals surface area (Å²) in [6.45, 7) is 2.72. The van der Waals surface area contributed by atoms with Crippen molar-refractivity contribution in [2.75, 3.05) is 11.9 Å². The van der Waals surface area contributed by atoms with Crippen LogP contribution in [0.3, 0.4) is 0 Å². The second-order valence-corrected chi connectivity index (χ2v) is 6.89. The van der Waals surface area contributed by atoms with Gasteiger partial charge in [0.15, 0.2) is 0 Å². The minimum Gasteiger partial charge on any atom is -0.479 e. The summed E-state index contributed by atoms with van der Waals surface area (Å²) in [5.41, 5.74) is -0.00372. The first kappa shape index (κ1) is 13.9. The van der Waals surface area contributed by atoms with Gasteiger partial charge in [-0.15, -0.1) is 0 Å². The summed E-state index contributed by atoms with van der Waals surface area (Å²) >= 11 is 3.39. The zero-order chi connectivity index (χ0) is 14.3. The monoisotopic (exact) mass is 338 g/mol. The number of carboxylic acid groups (broad SMARTS) is 1. The van der Waals surface area contributed by atoms with Gasteiger partial charge in [0.1, 0.15) is 5.54 Å². The molecule has 108 valence electrons. The maximum Gasteiger partial charge on any atom is 0.330 e. The van der Waals surface area contributed by atoms with Crippen LogP contribution >= 0.6 is 15.9 Å². The molecule has 1 saturated carbocycles. The molecule has 1 aliphatic carbocycles. The van der Waals surface area contributed by atoms with Gasteiger partial charge in [-0.25, -0.2) is 4.79 Å². The molecule has 0 aromatic heterocycles. The van der Waals surface area contributed by atoms with Gasteiger partial charge in [0.05, 0.1) is 0 Å². The Balaban J connectivity index is 1.82. The molecule has 1 aliphatic heterocycles. The maximum atomic E-state index is 11.8. The van der Waals surface area contributed by atoms with Crippen molar-refractivity contribution in [3.8, 4) is 0 Å². The molecule has 2 unspecified atom stereocenters. The van der Waals surface area contributed by atoms with Crippen molar-refractivity contribution < 1.29 is 9.90 Å². The first-order valence-electron chi connectivity index (χ1n) is 7.03. The van der Waals surface area contributed by atoms with Crippen LogP contribution in [0.15, 0.2) is 28.7 Å². The number of benzene rings is 1. The van der Waals surface area contributed by atoms with E-state index in [9.17, 15) is 9.90 Å². The van der Waals surface area contributed by atoms with Gasteiger partial charge >= 0.3 is 5.97 Å². The van der Waals surface area contributed by atoms with Crippen LogP contribution in [-0.2, 0) is 4.79 Å². The van der Waals surface area contributed by atoms with E-state index in [1.54, 1.807) is 0 Å². The fourth-order valence-corrected chi connectivity index (χ4v) is 3.42. The number of rotatable bonds is 4. The summed E-state index contributed by atoms with van der Waals surface area (Å²) in [5.74, 6) is -0.754. The fourth-order valence-electron chi connectivity index (χ4n) is 3.16. The van der Waals surface area contributed by atoms with Gasteiger partial charge in [0.2, 0.25) is 0 Å². The van der Waals surface area contributed by atoms with Gasteiger partial charge in [0.25, 0.3) is 0 Å². The zero-order valence-electron chi connectivity index (χ0n) is 11.5. The number of nitrogens with one attached hydrogen (secondary N) is 1. The summed E-state index contributed by atoms with van der Waals surface area (Å²) in [4.78, 5) is 14.2. The zero-order valence-corrected chi connectivity index (χ0v) is 13.1. The Kier molecular flexibility index (Phi) is 3.50. The van der Waals surface area contributed by atoms with Gasteiger partial charge in [-0.3, -0.25) is 4.90 Å². The number of halogens is 1. The Morgan fingerprint density at radius 2 is 2.05 bits per heavy atom. The first-order valence-corrected chi connectivity index (χ1v) is 7.82. The van der Waals surface area contributed by atoms with E-state index in [0.717, 1.165) is 10.2 Å². The third-order valence-electron chi connectivity index (χ3n) is 4.32. The highest BCUT2D eigenvalue weighted by Crippen LogP contribution is 2.38. The van der Waals surface area contributed by atoms with Gasteiger partial charge in [-0.05, 0) is 50.5 Å². The summed E-state index contributed by atoms with van der Waals surface area (Å²) in [6, 6.07) is 8.60. The molecule has 1 saturated heterocycles. The molecule has 0 radical (unpaired) electrons. The molecule has 0 bridgehead atoms. The average Bonchev–Trinajstić information content (AvgIpc) is 3.18.